The van der Waals surface area contributed by atoms with Gasteiger partial charge in [-0.1, -0.05) is 0 Å². The molecule has 0 radical (unpaired) electrons. The SMILES string of the molecule is Nc1cc(C(=O)NCCc2nccs2)c([N+](=O)[O-])cc1F. The number of rotatable bonds is 5. The minimum atomic E-state index is -0.930. The van der Waals surface area contributed by atoms with Crippen molar-refractivity contribution in [2.75, 3.05) is 12.3 Å². The standard InChI is InChI=1S/C12H11FN4O3S/c13-8-6-10(17(19)20)7(5-9(8)14)12(18)16-2-1-11-15-3-4-21-11/h3-6H,1-2,14H2,(H,16,18). The van der Waals surface area contributed by atoms with Crippen LogP contribution in [0.2, 0.25) is 0 Å². The quantitative estimate of drug-likeness (QED) is 0.496. The van der Waals surface area contributed by atoms with E-state index >= 15 is 0 Å². The fourth-order valence-corrected chi connectivity index (χ4v) is 2.29. The number of nitrogen functional groups attached to an aromatic ring is 1. The number of hydrogen-bond donors (Lipinski definition) is 2. The molecule has 1 heterocycles. The molecule has 0 aliphatic carbocycles. The Bertz CT molecular complexity index is 675. The van der Waals surface area contributed by atoms with E-state index in [2.05, 4.69) is 10.3 Å². The Hall–Kier alpha value is -2.55. The van der Waals surface area contributed by atoms with Gasteiger partial charge in [-0.25, -0.2) is 9.37 Å². The van der Waals surface area contributed by atoms with Crippen LogP contribution in [-0.2, 0) is 6.42 Å². The van der Waals surface area contributed by atoms with E-state index in [-0.39, 0.29) is 17.8 Å². The molecule has 0 aliphatic rings. The van der Waals surface area contributed by atoms with Crippen LogP contribution >= 0.6 is 11.3 Å². The molecule has 0 aliphatic heterocycles. The van der Waals surface area contributed by atoms with E-state index in [1.54, 1.807) is 6.20 Å². The molecule has 3 N–H and O–H groups in total. The molecule has 0 bridgehead atoms. The summed E-state index contributed by atoms with van der Waals surface area (Å²) in [6.07, 6.45) is 2.15. The Morgan fingerprint density at radius 3 is 2.90 bits per heavy atom. The lowest BCUT2D eigenvalue weighted by atomic mass is 10.1. The third-order valence-electron chi connectivity index (χ3n) is 2.66. The second-order valence-electron chi connectivity index (χ2n) is 4.08. The van der Waals surface area contributed by atoms with Crippen molar-refractivity contribution < 1.29 is 14.1 Å². The maximum absolute atomic E-state index is 13.3. The Labute approximate surface area is 122 Å². The van der Waals surface area contributed by atoms with Gasteiger partial charge < -0.3 is 11.1 Å². The summed E-state index contributed by atoms with van der Waals surface area (Å²) in [5.41, 5.74) is 4.15. The molecule has 2 aromatic rings. The molecule has 0 fully saturated rings. The Balaban J connectivity index is 2.11. The lowest BCUT2D eigenvalue weighted by molar-refractivity contribution is -0.385. The average Bonchev–Trinajstić information content (AvgIpc) is 2.94. The van der Waals surface area contributed by atoms with Gasteiger partial charge in [0.1, 0.15) is 5.56 Å². The van der Waals surface area contributed by atoms with Crippen molar-refractivity contribution in [3.8, 4) is 0 Å². The van der Waals surface area contributed by atoms with Gasteiger partial charge in [0.25, 0.3) is 11.6 Å². The number of nitrogens with one attached hydrogen (secondary N) is 1. The number of halogens is 1. The number of carbonyl (C=O) groups excluding carboxylic acids is 1. The van der Waals surface area contributed by atoms with Crippen LogP contribution in [0.25, 0.3) is 0 Å². The van der Waals surface area contributed by atoms with Gasteiger partial charge in [0.15, 0.2) is 5.82 Å². The topological polar surface area (TPSA) is 111 Å². The summed E-state index contributed by atoms with van der Waals surface area (Å²) in [7, 11) is 0. The molecule has 7 nitrogen and oxygen atoms in total. The van der Waals surface area contributed by atoms with Crippen LogP contribution < -0.4 is 11.1 Å². The molecule has 0 unspecified atom stereocenters. The Morgan fingerprint density at radius 2 is 2.29 bits per heavy atom. The Morgan fingerprint density at radius 1 is 1.52 bits per heavy atom. The fraction of sp³-hybridized carbons (Fsp3) is 0.167. The highest BCUT2D eigenvalue weighted by molar-refractivity contribution is 7.09. The summed E-state index contributed by atoms with van der Waals surface area (Å²) in [6, 6.07) is 1.61. The van der Waals surface area contributed by atoms with E-state index in [9.17, 15) is 19.3 Å². The maximum atomic E-state index is 13.3. The number of nitro groups is 1. The molecule has 0 spiro atoms. The maximum Gasteiger partial charge on any atom is 0.285 e. The van der Waals surface area contributed by atoms with Crippen LogP contribution in [0.4, 0.5) is 15.8 Å². The van der Waals surface area contributed by atoms with Gasteiger partial charge in [0.2, 0.25) is 0 Å². The molecule has 21 heavy (non-hydrogen) atoms. The highest BCUT2D eigenvalue weighted by atomic mass is 32.1. The van der Waals surface area contributed by atoms with Crippen LogP contribution in [-0.4, -0.2) is 22.4 Å². The van der Waals surface area contributed by atoms with Gasteiger partial charge in [-0.3, -0.25) is 14.9 Å². The fourth-order valence-electron chi connectivity index (χ4n) is 1.67. The van der Waals surface area contributed by atoms with Crippen LogP contribution in [0.1, 0.15) is 15.4 Å². The first-order chi connectivity index (χ1) is 9.99. The first-order valence-electron chi connectivity index (χ1n) is 5.89. The van der Waals surface area contributed by atoms with Gasteiger partial charge in [0.05, 0.1) is 21.7 Å². The second kappa shape index (κ2) is 6.27. The molecule has 1 aromatic heterocycles. The molecule has 2 rings (SSSR count). The van der Waals surface area contributed by atoms with E-state index < -0.39 is 22.3 Å². The second-order valence-corrected chi connectivity index (χ2v) is 5.06. The lowest BCUT2D eigenvalue weighted by Gasteiger charge is -2.06. The zero-order chi connectivity index (χ0) is 15.4. The largest absolute Gasteiger partial charge is 0.396 e. The van der Waals surface area contributed by atoms with Crippen LogP contribution in [0.15, 0.2) is 23.7 Å². The van der Waals surface area contributed by atoms with Crippen molar-refractivity contribution in [1.29, 1.82) is 0 Å². The summed E-state index contributed by atoms with van der Waals surface area (Å²) >= 11 is 1.44. The molecule has 0 saturated carbocycles. The van der Waals surface area contributed by atoms with Crippen LogP contribution in [0, 0.1) is 15.9 Å². The first-order valence-corrected chi connectivity index (χ1v) is 6.77. The van der Waals surface area contributed by atoms with E-state index in [0.29, 0.717) is 12.5 Å². The van der Waals surface area contributed by atoms with Crippen molar-refractivity contribution >= 4 is 28.6 Å². The van der Waals surface area contributed by atoms with E-state index in [1.807, 2.05) is 5.38 Å². The predicted octanol–water partition coefficient (Wildman–Crippen LogP) is 1.75. The summed E-state index contributed by atoms with van der Waals surface area (Å²) in [5.74, 6) is -1.61. The van der Waals surface area contributed by atoms with Crippen molar-refractivity contribution in [1.82, 2.24) is 10.3 Å². The first kappa shape index (κ1) is 14.9. The monoisotopic (exact) mass is 310 g/mol. The minimum Gasteiger partial charge on any atom is -0.396 e. The summed E-state index contributed by atoms with van der Waals surface area (Å²) in [4.78, 5) is 26.0. The number of carbonyl (C=O) groups is 1. The lowest BCUT2D eigenvalue weighted by Crippen LogP contribution is -2.26. The highest BCUT2D eigenvalue weighted by Gasteiger charge is 2.22. The number of hydrogen-bond acceptors (Lipinski definition) is 6. The third-order valence-corrected chi connectivity index (χ3v) is 3.50. The number of benzene rings is 1. The number of nitrogens with two attached hydrogens (primary N) is 1. The van der Waals surface area contributed by atoms with Gasteiger partial charge in [0, 0.05) is 24.5 Å². The minimum absolute atomic E-state index is 0.265. The highest BCUT2D eigenvalue weighted by Crippen LogP contribution is 2.24. The number of amides is 1. The molecular formula is C12H11FN4O3S. The van der Waals surface area contributed by atoms with Crippen LogP contribution in [0.5, 0.6) is 0 Å². The molecule has 1 aromatic carbocycles. The van der Waals surface area contributed by atoms with E-state index in [4.69, 9.17) is 5.73 Å². The zero-order valence-electron chi connectivity index (χ0n) is 10.7. The molecule has 1 amide bonds. The van der Waals surface area contributed by atoms with Gasteiger partial charge in [-0.2, -0.15) is 0 Å². The van der Waals surface area contributed by atoms with E-state index in [0.717, 1.165) is 11.1 Å². The van der Waals surface area contributed by atoms with Gasteiger partial charge in [-0.15, -0.1) is 11.3 Å². The molecule has 9 heteroatoms. The zero-order valence-corrected chi connectivity index (χ0v) is 11.5. The predicted molar refractivity (Wildman–Crippen MR) is 75.6 cm³/mol. The average molecular weight is 310 g/mol. The van der Waals surface area contributed by atoms with Gasteiger partial charge >= 0.3 is 0 Å². The smallest absolute Gasteiger partial charge is 0.285 e. The van der Waals surface area contributed by atoms with Crippen molar-refractivity contribution in [3.05, 3.63) is 50.2 Å². The molecule has 110 valence electrons. The number of aromatic nitrogens is 1. The Kier molecular flexibility index (Phi) is 4.43. The van der Waals surface area contributed by atoms with Crippen molar-refractivity contribution in [3.63, 3.8) is 0 Å². The number of thiazole rings is 1. The summed E-state index contributed by atoms with van der Waals surface area (Å²) in [6.45, 7) is 0.265. The molecular weight excluding hydrogens is 299 g/mol. The summed E-state index contributed by atoms with van der Waals surface area (Å²) < 4.78 is 13.3. The summed E-state index contributed by atoms with van der Waals surface area (Å²) in [5, 5.41) is 16.0. The number of nitro benzene ring substituents is 1. The van der Waals surface area contributed by atoms with Crippen molar-refractivity contribution in [2.45, 2.75) is 6.42 Å². The number of nitrogens with zero attached hydrogens (tertiary/aromatic N) is 2. The van der Waals surface area contributed by atoms with Crippen molar-refractivity contribution in [2.24, 2.45) is 0 Å². The number of anilines is 1. The molecule has 0 saturated heterocycles. The third kappa shape index (κ3) is 3.51. The van der Waals surface area contributed by atoms with Gasteiger partial charge in [-0.05, 0) is 6.07 Å². The normalized spacial score (nSPS) is 10.3. The van der Waals surface area contributed by atoms with E-state index in [1.165, 1.54) is 11.3 Å². The van der Waals surface area contributed by atoms with Crippen LogP contribution in [0.3, 0.4) is 0 Å². The molecule has 0 atom stereocenters.